The van der Waals surface area contributed by atoms with E-state index < -0.39 is 6.19 Å². The van der Waals surface area contributed by atoms with Crippen molar-refractivity contribution in [3.63, 3.8) is 0 Å². The Morgan fingerprint density at radius 3 is 2.60 bits per heavy atom. The summed E-state index contributed by atoms with van der Waals surface area (Å²) in [6.45, 7) is 3.17. The molecular weight excluding hydrogens is 161 g/mol. The van der Waals surface area contributed by atoms with Gasteiger partial charge in [0.05, 0.1) is 0 Å². The summed E-state index contributed by atoms with van der Waals surface area (Å²) in [4.78, 5) is 0. The van der Waals surface area contributed by atoms with E-state index in [1.54, 1.807) is 0 Å². The van der Waals surface area contributed by atoms with Crippen molar-refractivity contribution < 1.29 is 0 Å². The molecule has 0 bridgehead atoms. The molecule has 10 heavy (non-hydrogen) atoms. The molecule has 0 N–H and O–H groups in total. The van der Waals surface area contributed by atoms with E-state index in [-0.39, 0.29) is 0 Å². The van der Waals surface area contributed by atoms with E-state index in [1.807, 2.05) is 0 Å². The molecular formula is C7H12NPS. The number of hydrogen-bond donors (Lipinski definition) is 0. The number of rotatable bonds is 0. The quantitative estimate of drug-likeness (QED) is 0.400. The van der Waals surface area contributed by atoms with Crippen LogP contribution in [0.15, 0.2) is 0 Å². The minimum Gasteiger partial charge on any atom is -0.277 e. The zero-order chi connectivity index (χ0) is 7.78. The monoisotopic (exact) mass is 173 g/mol. The highest BCUT2D eigenvalue weighted by Gasteiger charge is 2.29. The summed E-state index contributed by atoms with van der Waals surface area (Å²) in [6, 6.07) is 0. The van der Waals surface area contributed by atoms with Crippen molar-refractivity contribution >= 4 is 18.0 Å². The molecule has 0 aromatic rings. The second kappa shape index (κ2) is 2.66. The Morgan fingerprint density at radius 1 is 1.80 bits per heavy atom. The molecule has 3 heteroatoms. The van der Waals surface area contributed by atoms with Gasteiger partial charge in [-0.25, -0.2) is 0 Å². The summed E-state index contributed by atoms with van der Waals surface area (Å²) in [6.07, 6.45) is 5.19. The van der Waals surface area contributed by atoms with Crippen LogP contribution in [0.25, 0.3) is 0 Å². The van der Waals surface area contributed by atoms with Gasteiger partial charge in [-0.2, -0.15) is 0 Å². The predicted octanol–water partition coefficient (Wildman–Crippen LogP) is 1.21. The Kier molecular flexibility index (Phi) is 2.20. The van der Waals surface area contributed by atoms with Gasteiger partial charge in [-0.05, 0) is 13.7 Å². The van der Waals surface area contributed by atoms with Crippen LogP contribution in [0.4, 0.5) is 0 Å². The first-order valence-corrected chi connectivity index (χ1v) is 6.69. The lowest BCUT2D eigenvalue weighted by molar-refractivity contribution is 0.541. The molecule has 0 aromatic heterocycles. The fourth-order valence-electron chi connectivity index (χ4n) is 1.20. The Labute approximate surface area is 67.9 Å². The fourth-order valence-corrected chi connectivity index (χ4v) is 3.80. The van der Waals surface area contributed by atoms with Crippen molar-refractivity contribution in [2.45, 2.75) is 0 Å². The van der Waals surface area contributed by atoms with Crippen LogP contribution in [0.2, 0.25) is 0 Å². The Hall–Kier alpha value is 0.170. The molecule has 56 valence electrons. The molecule has 1 nitrogen and oxygen atoms in total. The van der Waals surface area contributed by atoms with Crippen LogP contribution in [-0.2, 0) is 11.8 Å². The lowest BCUT2D eigenvalue weighted by Gasteiger charge is -2.17. The highest BCUT2D eigenvalue weighted by Crippen LogP contribution is 2.51. The third-order valence-corrected chi connectivity index (χ3v) is 6.01. The first kappa shape index (κ1) is 8.27. The fraction of sp³-hybridized carbons (Fsp3) is 0.714. The van der Waals surface area contributed by atoms with E-state index in [4.69, 9.17) is 18.2 Å². The van der Waals surface area contributed by atoms with E-state index in [0.717, 1.165) is 12.7 Å². The van der Waals surface area contributed by atoms with Crippen molar-refractivity contribution in [3.8, 4) is 12.3 Å². The van der Waals surface area contributed by atoms with E-state index in [1.165, 1.54) is 0 Å². The predicted molar refractivity (Wildman–Crippen MR) is 50.0 cm³/mol. The summed E-state index contributed by atoms with van der Waals surface area (Å²) >= 11 is 5.42. The van der Waals surface area contributed by atoms with Gasteiger partial charge in [-0.3, -0.25) is 4.67 Å². The molecule has 2 unspecified atom stereocenters. The largest absolute Gasteiger partial charge is 0.277 e. The van der Waals surface area contributed by atoms with E-state index in [9.17, 15) is 0 Å². The second-order valence-corrected chi connectivity index (χ2v) is 8.45. The average Bonchev–Trinajstić information content (AvgIpc) is 2.08. The van der Waals surface area contributed by atoms with Gasteiger partial charge >= 0.3 is 0 Å². The number of hydrogen-bond acceptors (Lipinski definition) is 1. The van der Waals surface area contributed by atoms with E-state index >= 15 is 0 Å². The topological polar surface area (TPSA) is 3.24 Å². The van der Waals surface area contributed by atoms with Gasteiger partial charge in [-0.1, -0.05) is 11.8 Å². The van der Waals surface area contributed by atoms with Crippen LogP contribution in [-0.4, -0.2) is 31.1 Å². The van der Waals surface area contributed by atoms with Crippen LogP contribution >= 0.6 is 6.19 Å². The molecule has 2 atom stereocenters. The van der Waals surface area contributed by atoms with Crippen molar-refractivity contribution in [2.24, 2.45) is 5.92 Å². The van der Waals surface area contributed by atoms with Crippen LogP contribution < -0.4 is 0 Å². The van der Waals surface area contributed by atoms with Crippen molar-refractivity contribution in [3.05, 3.63) is 0 Å². The molecule has 0 saturated carbocycles. The Balaban J connectivity index is 2.73. The third kappa shape index (κ3) is 1.42. The Morgan fingerprint density at radius 2 is 2.40 bits per heavy atom. The van der Waals surface area contributed by atoms with Crippen molar-refractivity contribution in [1.82, 2.24) is 4.67 Å². The summed E-state index contributed by atoms with van der Waals surface area (Å²) in [5.41, 5.74) is 0. The van der Waals surface area contributed by atoms with Gasteiger partial charge < -0.3 is 0 Å². The third-order valence-electron chi connectivity index (χ3n) is 2.00. The molecule has 1 aliphatic heterocycles. The molecule has 0 spiro atoms. The van der Waals surface area contributed by atoms with E-state index in [2.05, 4.69) is 24.3 Å². The highest BCUT2D eigenvalue weighted by atomic mass is 32.4. The van der Waals surface area contributed by atoms with Crippen LogP contribution in [0.3, 0.4) is 0 Å². The van der Waals surface area contributed by atoms with E-state index in [0.29, 0.717) is 5.92 Å². The summed E-state index contributed by atoms with van der Waals surface area (Å²) in [5.74, 6) is 3.19. The van der Waals surface area contributed by atoms with Crippen LogP contribution in [0.5, 0.6) is 0 Å². The highest BCUT2D eigenvalue weighted by molar-refractivity contribution is 8.13. The zero-order valence-corrected chi connectivity index (χ0v) is 8.08. The lowest BCUT2D eigenvalue weighted by atomic mass is 10.2. The number of terminal acetylenes is 1. The first-order chi connectivity index (χ1) is 4.56. The molecule has 1 aliphatic rings. The van der Waals surface area contributed by atoms with Gasteiger partial charge in [0, 0.05) is 24.8 Å². The number of nitrogens with zero attached hydrogens (tertiary/aromatic N) is 1. The van der Waals surface area contributed by atoms with Crippen LogP contribution in [0, 0.1) is 18.3 Å². The summed E-state index contributed by atoms with van der Waals surface area (Å²) in [7, 11) is 2.08. The minimum absolute atomic E-state index is 0.417. The standard InChI is InChI=1S/C7H12NPS/c1-4-7-5-8(2)9(3,10)6-7/h1,7H,5-6H2,2-3H3. The normalized spacial score (nSPS) is 41.5. The smallest absolute Gasteiger partial charge is 0.0388 e. The molecule has 1 rings (SSSR count). The van der Waals surface area contributed by atoms with Crippen molar-refractivity contribution in [2.75, 3.05) is 26.4 Å². The summed E-state index contributed by atoms with van der Waals surface area (Å²) < 4.78 is 2.26. The average molecular weight is 173 g/mol. The molecule has 0 aliphatic carbocycles. The maximum atomic E-state index is 5.42. The van der Waals surface area contributed by atoms with Gasteiger partial charge in [0.15, 0.2) is 0 Å². The maximum Gasteiger partial charge on any atom is 0.0388 e. The molecule has 1 saturated heterocycles. The molecule has 0 radical (unpaired) electrons. The molecule has 0 aromatic carbocycles. The van der Waals surface area contributed by atoms with Gasteiger partial charge in [0.25, 0.3) is 0 Å². The Bertz CT molecular complexity index is 218. The molecule has 1 heterocycles. The second-order valence-electron chi connectivity index (χ2n) is 2.94. The first-order valence-electron chi connectivity index (χ1n) is 3.30. The molecule has 0 amide bonds. The van der Waals surface area contributed by atoms with Gasteiger partial charge in [0.2, 0.25) is 0 Å². The van der Waals surface area contributed by atoms with Gasteiger partial charge in [-0.15, -0.1) is 12.3 Å². The maximum absolute atomic E-state index is 5.42. The van der Waals surface area contributed by atoms with Gasteiger partial charge in [0.1, 0.15) is 0 Å². The lowest BCUT2D eigenvalue weighted by Crippen LogP contribution is -2.10. The minimum atomic E-state index is -1.18. The van der Waals surface area contributed by atoms with Crippen LogP contribution in [0.1, 0.15) is 0 Å². The molecule has 1 fully saturated rings. The zero-order valence-electron chi connectivity index (χ0n) is 6.37. The van der Waals surface area contributed by atoms with Crippen molar-refractivity contribution in [1.29, 1.82) is 0 Å². The summed E-state index contributed by atoms with van der Waals surface area (Å²) in [5, 5.41) is 0. The SMILES string of the molecule is C#CC1CN(C)P(C)(=S)C1.